The summed E-state index contributed by atoms with van der Waals surface area (Å²) in [4.78, 5) is 11.8. The van der Waals surface area contributed by atoms with Gasteiger partial charge in [0.1, 0.15) is 0 Å². The predicted molar refractivity (Wildman–Crippen MR) is 128 cm³/mol. The molecule has 3 aliphatic rings. The molecule has 3 atom stereocenters. The van der Waals surface area contributed by atoms with Crippen LogP contribution in [0.2, 0.25) is 0 Å². The number of aromatic nitrogens is 4. The van der Waals surface area contributed by atoms with Gasteiger partial charge in [-0.15, -0.1) is 0 Å². The van der Waals surface area contributed by atoms with Gasteiger partial charge in [0.2, 0.25) is 5.95 Å². The van der Waals surface area contributed by atoms with E-state index in [1.165, 1.54) is 31.2 Å². The van der Waals surface area contributed by atoms with Crippen LogP contribution in [0.15, 0.2) is 36.7 Å². The van der Waals surface area contributed by atoms with Gasteiger partial charge in [0.25, 0.3) is 0 Å². The van der Waals surface area contributed by atoms with Crippen molar-refractivity contribution in [2.24, 2.45) is 11.8 Å². The molecule has 174 valence electrons. The third-order valence-corrected chi connectivity index (χ3v) is 7.60. The van der Waals surface area contributed by atoms with E-state index >= 15 is 0 Å². The molecule has 0 unspecified atom stereocenters. The van der Waals surface area contributed by atoms with Crippen LogP contribution in [-0.2, 0) is 11.3 Å². The molecule has 1 aromatic carbocycles. The van der Waals surface area contributed by atoms with Gasteiger partial charge in [0, 0.05) is 44.6 Å². The summed E-state index contributed by atoms with van der Waals surface area (Å²) in [5, 5.41) is 12.6. The quantitative estimate of drug-likeness (QED) is 0.513. The molecular weight excluding hydrogens is 414 g/mol. The number of anilines is 2. The van der Waals surface area contributed by atoms with E-state index in [9.17, 15) is 0 Å². The van der Waals surface area contributed by atoms with Crippen LogP contribution in [0.4, 0.5) is 11.6 Å². The van der Waals surface area contributed by atoms with Gasteiger partial charge in [-0.3, -0.25) is 4.90 Å². The summed E-state index contributed by atoms with van der Waals surface area (Å²) in [6, 6.07) is 9.00. The minimum absolute atomic E-state index is 0.499. The Kier molecular flexibility index (Phi) is 5.96. The molecule has 2 N–H and O–H groups in total. The fourth-order valence-electron chi connectivity index (χ4n) is 5.78. The lowest BCUT2D eigenvalue weighted by Crippen LogP contribution is -2.40. The summed E-state index contributed by atoms with van der Waals surface area (Å²) in [5.41, 5.74) is 3.22. The van der Waals surface area contributed by atoms with Crippen LogP contribution in [-0.4, -0.2) is 64.0 Å². The molecule has 0 amide bonds. The molecular formula is C25H33N7O. The molecule has 0 radical (unpaired) electrons. The zero-order valence-electron chi connectivity index (χ0n) is 19.1. The maximum atomic E-state index is 5.40. The Labute approximate surface area is 194 Å². The molecule has 3 fully saturated rings. The summed E-state index contributed by atoms with van der Waals surface area (Å²) in [6.45, 7) is 6.72. The lowest BCUT2D eigenvalue weighted by atomic mass is 9.95. The number of hydrogen-bond acceptors (Lipinski definition) is 7. The van der Waals surface area contributed by atoms with Gasteiger partial charge >= 0.3 is 0 Å². The number of ether oxygens (including phenoxy) is 1. The summed E-state index contributed by atoms with van der Waals surface area (Å²) in [7, 11) is 0. The van der Waals surface area contributed by atoms with Crippen molar-refractivity contribution < 1.29 is 4.74 Å². The second-order valence-corrected chi connectivity index (χ2v) is 9.76. The maximum Gasteiger partial charge on any atom is 0.229 e. The third-order valence-electron chi connectivity index (χ3n) is 7.60. The molecule has 2 bridgehead atoms. The average molecular weight is 448 g/mol. The normalized spacial score (nSPS) is 25.2. The Morgan fingerprint density at radius 3 is 2.70 bits per heavy atom. The van der Waals surface area contributed by atoms with Crippen LogP contribution in [0.25, 0.3) is 11.0 Å². The SMILES string of the molecule is c1cc(Nc2ncc3cnn([C@H]4C[C@@H]5CC[C@H]4C5)c3n2)ccc1CNCCN1CCOCC1. The third kappa shape index (κ3) is 4.60. The molecule has 2 aromatic heterocycles. The van der Waals surface area contributed by atoms with E-state index in [2.05, 4.69) is 49.5 Å². The number of rotatable bonds is 8. The highest BCUT2D eigenvalue weighted by atomic mass is 16.5. The minimum Gasteiger partial charge on any atom is -0.379 e. The van der Waals surface area contributed by atoms with Crippen LogP contribution in [0.1, 0.15) is 37.3 Å². The predicted octanol–water partition coefficient (Wildman–Crippen LogP) is 3.35. The highest BCUT2D eigenvalue weighted by Gasteiger charge is 2.41. The van der Waals surface area contributed by atoms with Crippen LogP contribution in [0, 0.1) is 11.8 Å². The van der Waals surface area contributed by atoms with E-state index in [4.69, 9.17) is 14.8 Å². The Bertz CT molecular complexity index is 1080. The molecule has 8 heteroatoms. The van der Waals surface area contributed by atoms with E-state index < -0.39 is 0 Å². The number of benzene rings is 1. The number of morpholine rings is 1. The van der Waals surface area contributed by atoms with Crippen molar-refractivity contribution >= 4 is 22.7 Å². The first-order valence-electron chi connectivity index (χ1n) is 12.4. The maximum absolute atomic E-state index is 5.40. The zero-order chi connectivity index (χ0) is 22.0. The largest absolute Gasteiger partial charge is 0.379 e. The van der Waals surface area contributed by atoms with Crippen molar-refractivity contribution in [1.29, 1.82) is 0 Å². The molecule has 3 aromatic rings. The monoisotopic (exact) mass is 447 g/mol. The molecule has 2 saturated carbocycles. The fourth-order valence-corrected chi connectivity index (χ4v) is 5.78. The number of nitrogens with one attached hydrogen (secondary N) is 2. The van der Waals surface area contributed by atoms with Crippen LogP contribution < -0.4 is 10.6 Å². The first-order chi connectivity index (χ1) is 16.3. The van der Waals surface area contributed by atoms with Gasteiger partial charge in [-0.05, 0) is 48.8 Å². The van der Waals surface area contributed by atoms with E-state index in [1.807, 2.05) is 12.4 Å². The Morgan fingerprint density at radius 1 is 1.03 bits per heavy atom. The smallest absolute Gasteiger partial charge is 0.229 e. The van der Waals surface area contributed by atoms with Crippen molar-refractivity contribution in [3.63, 3.8) is 0 Å². The average Bonchev–Trinajstić information content (AvgIpc) is 3.59. The van der Waals surface area contributed by atoms with E-state index in [-0.39, 0.29) is 0 Å². The summed E-state index contributed by atoms with van der Waals surface area (Å²) >= 11 is 0. The zero-order valence-corrected chi connectivity index (χ0v) is 19.1. The summed E-state index contributed by atoms with van der Waals surface area (Å²) in [5.74, 6) is 2.27. The van der Waals surface area contributed by atoms with Crippen molar-refractivity contribution in [2.75, 3.05) is 44.7 Å². The summed E-state index contributed by atoms with van der Waals surface area (Å²) in [6.07, 6.45) is 9.12. The van der Waals surface area contributed by atoms with Crippen molar-refractivity contribution in [1.82, 2.24) is 30.0 Å². The van der Waals surface area contributed by atoms with Gasteiger partial charge in [-0.2, -0.15) is 10.1 Å². The van der Waals surface area contributed by atoms with Crippen molar-refractivity contribution in [2.45, 2.75) is 38.3 Å². The first kappa shape index (κ1) is 21.0. The van der Waals surface area contributed by atoms with Gasteiger partial charge in [0.15, 0.2) is 5.65 Å². The minimum atomic E-state index is 0.499. The van der Waals surface area contributed by atoms with E-state index in [0.717, 1.165) is 74.5 Å². The highest BCUT2D eigenvalue weighted by molar-refractivity contribution is 5.75. The molecule has 3 heterocycles. The van der Waals surface area contributed by atoms with Crippen LogP contribution >= 0.6 is 0 Å². The Hall–Kier alpha value is -2.55. The fraction of sp³-hybridized carbons (Fsp3) is 0.560. The van der Waals surface area contributed by atoms with Gasteiger partial charge in [0.05, 0.1) is 30.8 Å². The Balaban J connectivity index is 1.06. The molecule has 6 rings (SSSR count). The number of nitrogens with zero attached hydrogens (tertiary/aromatic N) is 5. The van der Waals surface area contributed by atoms with Crippen molar-refractivity contribution in [3.05, 3.63) is 42.2 Å². The number of fused-ring (bicyclic) bond motifs is 3. The van der Waals surface area contributed by atoms with E-state index in [1.54, 1.807) is 0 Å². The molecule has 1 aliphatic heterocycles. The van der Waals surface area contributed by atoms with Crippen molar-refractivity contribution in [3.8, 4) is 0 Å². The van der Waals surface area contributed by atoms with Crippen LogP contribution in [0.3, 0.4) is 0 Å². The standard InChI is InChI=1S/C25H33N7O/c1-4-20-13-19(1)14-23(20)32-24-21(17-28-32)16-27-25(30-24)29-22-5-2-18(3-6-22)15-26-7-8-31-9-11-33-12-10-31/h2-3,5-6,16-17,19-20,23,26H,1,4,7-15H2,(H,27,29,30)/t19-,20+,23+/m1/s1. The highest BCUT2D eigenvalue weighted by Crippen LogP contribution is 2.50. The second kappa shape index (κ2) is 9.37. The topological polar surface area (TPSA) is 80.1 Å². The molecule has 1 saturated heterocycles. The molecule has 8 nitrogen and oxygen atoms in total. The van der Waals surface area contributed by atoms with Gasteiger partial charge in [-0.25, -0.2) is 9.67 Å². The Morgan fingerprint density at radius 2 is 1.91 bits per heavy atom. The first-order valence-corrected chi connectivity index (χ1v) is 12.4. The summed E-state index contributed by atoms with van der Waals surface area (Å²) < 4.78 is 7.57. The molecule has 33 heavy (non-hydrogen) atoms. The molecule has 0 spiro atoms. The number of hydrogen-bond donors (Lipinski definition) is 2. The van der Waals surface area contributed by atoms with Crippen LogP contribution in [0.5, 0.6) is 0 Å². The lowest BCUT2D eigenvalue weighted by molar-refractivity contribution is 0.0384. The molecule has 2 aliphatic carbocycles. The van der Waals surface area contributed by atoms with Gasteiger partial charge in [-0.1, -0.05) is 18.6 Å². The lowest BCUT2D eigenvalue weighted by Gasteiger charge is -2.26. The van der Waals surface area contributed by atoms with Gasteiger partial charge < -0.3 is 15.4 Å². The van der Waals surface area contributed by atoms with E-state index in [0.29, 0.717) is 12.0 Å². The second-order valence-electron chi connectivity index (χ2n) is 9.76.